The second kappa shape index (κ2) is 5.12. The molecule has 0 aliphatic carbocycles. The largest absolute Gasteiger partial charge is 0.399 e. The van der Waals surface area contributed by atoms with Gasteiger partial charge in [-0.3, -0.25) is 5.10 Å². The van der Waals surface area contributed by atoms with Gasteiger partial charge in [-0.1, -0.05) is 0 Å². The van der Waals surface area contributed by atoms with Crippen molar-refractivity contribution in [2.24, 2.45) is 0 Å². The number of aryl methyl sites for hydroxylation is 1. The lowest BCUT2D eigenvalue weighted by Gasteiger charge is -2.22. The first-order valence-corrected chi connectivity index (χ1v) is 8.19. The van der Waals surface area contributed by atoms with E-state index in [0.717, 1.165) is 12.8 Å². The molecule has 0 saturated carbocycles. The Hall–Kier alpha value is -1.93. The van der Waals surface area contributed by atoms with Crippen LogP contribution in [0.15, 0.2) is 29.2 Å². The van der Waals surface area contributed by atoms with Crippen LogP contribution in [0.4, 0.5) is 5.69 Å². The molecule has 1 saturated heterocycles. The topological polar surface area (TPSA) is 105 Å². The lowest BCUT2D eigenvalue weighted by Crippen LogP contribution is -2.31. The molecule has 2 aromatic rings. The van der Waals surface area contributed by atoms with Crippen LogP contribution in [-0.4, -0.2) is 34.4 Å². The van der Waals surface area contributed by atoms with Crippen LogP contribution in [0.1, 0.15) is 30.5 Å². The highest BCUT2D eigenvalue weighted by molar-refractivity contribution is 7.89. The summed E-state index contributed by atoms with van der Waals surface area (Å²) in [5, 5.41) is 6.87. The normalized spacial score (nSPS) is 20.0. The van der Waals surface area contributed by atoms with E-state index >= 15 is 0 Å². The van der Waals surface area contributed by atoms with E-state index in [0.29, 0.717) is 23.9 Å². The summed E-state index contributed by atoms with van der Waals surface area (Å²) in [4.78, 5) is 4.52. The number of anilines is 1. The van der Waals surface area contributed by atoms with Gasteiger partial charge in [-0.2, -0.15) is 9.40 Å². The van der Waals surface area contributed by atoms with E-state index in [4.69, 9.17) is 5.73 Å². The van der Waals surface area contributed by atoms with Gasteiger partial charge < -0.3 is 5.73 Å². The Bertz CT molecular complexity index is 738. The summed E-state index contributed by atoms with van der Waals surface area (Å²) in [6.07, 6.45) is 1.53. The first-order valence-electron chi connectivity index (χ1n) is 6.75. The van der Waals surface area contributed by atoms with Crippen molar-refractivity contribution in [1.82, 2.24) is 19.5 Å². The average Bonchev–Trinajstić information content (AvgIpc) is 3.07. The highest BCUT2D eigenvalue weighted by Crippen LogP contribution is 2.35. The van der Waals surface area contributed by atoms with Crippen molar-refractivity contribution in [3.05, 3.63) is 35.9 Å². The average molecular weight is 307 g/mol. The Morgan fingerprint density at radius 1 is 1.33 bits per heavy atom. The van der Waals surface area contributed by atoms with Gasteiger partial charge in [0.05, 0.1) is 10.9 Å². The van der Waals surface area contributed by atoms with Gasteiger partial charge in [-0.15, -0.1) is 0 Å². The highest BCUT2D eigenvalue weighted by atomic mass is 32.2. The van der Waals surface area contributed by atoms with Gasteiger partial charge in [0.15, 0.2) is 5.82 Å². The molecule has 1 atom stereocenters. The number of H-pyrrole nitrogens is 1. The molecule has 8 heteroatoms. The first kappa shape index (κ1) is 14.0. The number of sulfonamides is 1. The van der Waals surface area contributed by atoms with E-state index < -0.39 is 10.0 Å². The second-order valence-electron chi connectivity index (χ2n) is 5.12. The maximum atomic E-state index is 12.8. The molecule has 0 amide bonds. The Kier molecular flexibility index (Phi) is 3.42. The number of rotatable bonds is 3. The third-order valence-electron chi connectivity index (χ3n) is 3.60. The minimum absolute atomic E-state index is 0.246. The van der Waals surface area contributed by atoms with Gasteiger partial charge in [0.2, 0.25) is 10.0 Å². The molecule has 1 aromatic carbocycles. The molecule has 1 fully saturated rings. The molecule has 1 aliphatic rings. The van der Waals surface area contributed by atoms with E-state index in [1.165, 1.54) is 16.4 Å². The van der Waals surface area contributed by atoms with Gasteiger partial charge in [0.1, 0.15) is 5.82 Å². The molecule has 2 heterocycles. The van der Waals surface area contributed by atoms with Crippen molar-refractivity contribution in [2.45, 2.75) is 30.7 Å². The minimum atomic E-state index is -3.56. The maximum absolute atomic E-state index is 12.8. The highest BCUT2D eigenvalue weighted by Gasteiger charge is 2.38. The van der Waals surface area contributed by atoms with Crippen LogP contribution in [0.2, 0.25) is 0 Å². The summed E-state index contributed by atoms with van der Waals surface area (Å²) in [5.74, 6) is 1.21. The summed E-state index contributed by atoms with van der Waals surface area (Å²) in [6, 6.07) is 5.94. The fraction of sp³-hybridized carbons (Fsp3) is 0.385. The van der Waals surface area contributed by atoms with E-state index in [-0.39, 0.29) is 10.9 Å². The van der Waals surface area contributed by atoms with E-state index in [1.54, 1.807) is 19.1 Å². The van der Waals surface area contributed by atoms with Crippen LogP contribution in [0.25, 0.3) is 0 Å². The van der Waals surface area contributed by atoms with Gasteiger partial charge in [-0.05, 0) is 44.0 Å². The summed E-state index contributed by atoms with van der Waals surface area (Å²) in [6.45, 7) is 2.27. The zero-order valence-corrected chi connectivity index (χ0v) is 12.5. The zero-order valence-electron chi connectivity index (χ0n) is 11.7. The van der Waals surface area contributed by atoms with Crippen molar-refractivity contribution in [3.63, 3.8) is 0 Å². The summed E-state index contributed by atoms with van der Waals surface area (Å²) < 4.78 is 27.0. The summed E-state index contributed by atoms with van der Waals surface area (Å²) >= 11 is 0. The molecule has 1 aliphatic heterocycles. The van der Waals surface area contributed by atoms with Crippen LogP contribution in [0.3, 0.4) is 0 Å². The molecule has 0 spiro atoms. The van der Waals surface area contributed by atoms with Crippen molar-refractivity contribution in [2.75, 3.05) is 12.3 Å². The summed E-state index contributed by atoms with van der Waals surface area (Å²) in [5.41, 5.74) is 6.15. The smallest absolute Gasteiger partial charge is 0.243 e. The van der Waals surface area contributed by atoms with E-state index in [9.17, 15) is 8.42 Å². The number of aromatic amines is 1. The van der Waals surface area contributed by atoms with Crippen LogP contribution >= 0.6 is 0 Å². The molecule has 7 nitrogen and oxygen atoms in total. The number of aromatic nitrogens is 3. The molecular formula is C13H17N5O2S. The van der Waals surface area contributed by atoms with Gasteiger partial charge in [-0.25, -0.2) is 13.4 Å². The number of hydrogen-bond acceptors (Lipinski definition) is 5. The summed E-state index contributed by atoms with van der Waals surface area (Å²) in [7, 11) is -3.56. The fourth-order valence-corrected chi connectivity index (χ4v) is 4.23. The SMILES string of the molecule is Cc1nc([C@@H]2CCCN2S(=O)(=O)c2ccc(N)cc2)n[nH]1. The number of benzene rings is 1. The molecule has 3 rings (SSSR count). The Morgan fingerprint density at radius 2 is 2.05 bits per heavy atom. The standard InChI is InChI=1S/C13H17N5O2S/c1-9-15-13(17-16-9)12-3-2-8-18(12)21(19,20)11-6-4-10(14)5-7-11/h4-7,12H,2-3,8,14H2,1H3,(H,15,16,17)/t12-/m0/s1. The Balaban J connectivity index is 1.96. The lowest BCUT2D eigenvalue weighted by molar-refractivity contribution is 0.384. The van der Waals surface area contributed by atoms with E-state index in [1.807, 2.05) is 0 Å². The van der Waals surface area contributed by atoms with Crippen LogP contribution in [0.5, 0.6) is 0 Å². The molecule has 0 radical (unpaired) electrons. The molecule has 21 heavy (non-hydrogen) atoms. The van der Waals surface area contributed by atoms with Crippen molar-refractivity contribution < 1.29 is 8.42 Å². The van der Waals surface area contributed by atoms with Crippen molar-refractivity contribution in [1.29, 1.82) is 0 Å². The first-order chi connectivity index (χ1) is 9.98. The molecular weight excluding hydrogens is 290 g/mol. The molecule has 0 unspecified atom stereocenters. The molecule has 0 bridgehead atoms. The minimum Gasteiger partial charge on any atom is -0.399 e. The molecule has 112 valence electrons. The Labute approximate surface area is 123 Å². The monoisotopic (exact) mass is 307 g/mol. The van der Waals surface area contributed by atoms with Crippen molar-refractivity contribution in [3.8, 4) is 0 Å². The van der Waals surface area contributed by atoms with Crippen LogP contribution in [-0.2, 0) is 10.0 Å². The second-order valence-corrected chi connectivity index (χ2v) is 7.01. The predicted molar refractivity (Wildman–Crippen MR) is 77.8 cm³/mol. The molecule has 3 N–H and O–H groups in total. The lowest BCUT2D eigenvalue weighted by atomic mass is 10.2. The van der Waals surface area contributed by atoms with E-state index in [2.05, 4.69) is 15.2 Å². The number of nitrogens with one attached hydrogen (secondary N) is 1. The third-order valence-corrected chi connectivity index (χ3v) is 5.53. The van der Waals surface area contributed by atoms with Gasteiger partial charge in [0, 0.05) is 12.2 Å². The predicted octanol–water partition coefficient (Wildman–Crippen LogP) is 1.22. The number of nitrogens with zero attached hydrogens (tertiary/aromatic N) is 3. The third kappa shape index (κ3) is 2.52. The molecule has 1 aromatic heterocycles. The number of hydrogen-bond donors (Lipinski definition) is 2. The number of nitrogens with two attached hydrogens (primary N) is 1. The van der Waals surface area contributed by atoms with Gasteiger partial charge in [0.25, 0.3) is 0 Å². The Morgan fingerprint density at radius 3 is 2.67 bits per heavy atom. The van der Waals surface area contributed by atoms with Crippen molar-refractivity contribution >= 4 is 15.7 Å². The van der Waals surface area contributed by atoms with Crippen LogP contribution < -0.4 is 5.73 Å². The van der Waals surface area contributed by atoms with Gasteiger partial charge >= 0.3 is 0 Å². The van der Waals surface area contributed by atoms with Crippen LogP contribution in [0, 0.1) is 6.92 Å². The fourth-order valence-electron chi connectivity index (χ4n) is 2.57. The number of nitrogen functional groups attached to an aromatic ring is 1. The zero-order chi connectivity index (χ0) is 15.0. The maximum Gasteiger partial charge on any atom is 0.243 e. The quantitative estimate of drug-likeness (QED) is 0.830.